The number of rotatable bonds is 5. The molecule has 0 heterocycles. The van der Waals surface area contributed by atoms with Gasteiger partial charge < -0.3 is 10.5 Å². The van der Waals surface area contributed by atoms with Crippen LogP contribution in [0, 0.1) is 0 Å². The molecule has 0 saturated heterocycles. The van der Waals surface area contributed by atoms with Gasteiger partial charge in [-0.1, -0.05) is 37.1 Å². The molecular weight excluding hydrogens is 258 g/mol. The first kappa shape index (κ1) is 14.0. The minimum Gasteiger partial charge on any atom is -0.375 e. The fraction of sp³-hybridized carbons (Fsp3) is 0.429. The molecule has 1 saturated carbocycles. The first-order valence-corrected chi connectivity index (χ1v) is 6.94. The standard InChI is InChI=1S/C14H19N3OS/c15-14(19)17-16-9-11-5-7-12(8-6-11)10-18-13-3-1-2-4-13/h5-9,13H,1-4,10H2,(H3,15,17,19). The highest BCUT2D eigenvalue weighted by Gasteiger charge is 2.14. The summed E-state index contributed by atoms with van der Waals surface area (Å²) < 4.78 is 5.86. The van der Waals surface area contributed by atoms with Gasteiger partial charge in [0.25, 0.3) is 0 Å². The lowest BCUT2D eigenvalue weighted by molar-refractivity contribution is 0.0457. The molecule has 0 unspecified atom stereocenters. The highest BCUT2D eigenvalue weighted by atomic mass is 32.1. The van der Waals surface area contributed by atoms with E-state index in [2.05, 4.69) is 34.9 Å². The Kier molecular flexibility index (Phi) is 5.30. The van der Waals surface area contributed by atoms with Crippen molar-refractivity contribution >= 4 is 23.5 Å². The quantitative estimate of drug-likeness (QED) is 0.492. The van der Waals surface area contributed by atoms with Crippen molar-refractivity contribution in [3.8, 4) is 0 Å². The van der Waals surface area contributed by atoms with Gasteiger partial charge in [0.05, 0.1) is 18.9 Å². The molecule has 1 aliphatic rings. The molecule has 0 atom stereocenters. The number of thiocarbonyl (C=S) groups is 1. The van der Waals surface area contributed by atoms with Crippen molar-refractivity contribution in [2.24, 2.45) is 10.8 Å². The van der Waals surface area contributed by atoms with Crippen molar-refractivity contribution < 1.29 is 4.74 Å². The molecule has 2 rings (SSSR count). The number of hydrogen-bond acceptors (Lipinski definition) is 3. The number of hydrazone groups is 1. The normalized spacial score (nSPS) is 16.0. The van der Waals surface area contributed by atoms with Gasteiger partial charge in [-0.2, -0.15) is 5.10 Å². The van der Waals surface area contributed by atoms with Crippen LogP contribution >= 0.6 is 12.2 Å². The van der Waals surface area contributed by atoms with E-state index in [1.54, 1.807) is 6.21 Å². The van der Waals surface area contributed by atoms with E-state index in [-0.39, 0.29) is 5.11 Å². The maximum absolute atomic E-state index is 5.86. The number of nitrogens with one attached hydrogen (secondary N) is 1. The SMILES string of the molecule is NC(=S)NN=Cc1ccc(COC2CCCC2)cc1. The third-order valence-corrected chi connectivity index (χ3v) is 3.25. The van der Waals surface area contributed by atoms with Crippen LogP contribution in [-0.4, -0.2) is 17.4 Å². The van der Waals surface area contributed by atoms with Gasteiger partial charge in [-0.25, -0.2) is 0 Å². The number of ether oxygens (including phenoxy) is 1. The lowest BCUT2D eigenvalue weighted by atomic mass is 10.1. The summed E-state index contributed by atoms with van der Waals surface area (Å²) >= 11 is 4.65. The number of hydrogen-bond donors (Lipinski definition) is 2. The Labute approximate surface area is 119 Å². The summed E-state index contributed by atoms with van der Waals surface area (Å²) in [4.78, 5) is 0. The topological polar surface area (TPSA) is 59.6 Å². The summed E-state index contributed by atoms with van der Waals surface area (Å²) in [6.45, 7) is 0.688. The van der Waals surface area contributed by atoms with E-state index in [9.17, 15) is 0 Å². The number of nitrogens with two attached hydrogens (primary N) is 1. The van der Waals surface area contributed by atoms with Gasteiger partial charge in [0.15, 0.2) is 5.11 Å². The molecule has 5 heteroatoms. The van der Waals surface area contributed by atoms with E-state index in [4.69, 9.17) is 10.5 Å². The third kappa shape index (κ3) is 4.96. The lowest BCUT2D eigenvalue weighted by Crippen LogP contribution is -2.23. The van der Waals surface area contributed by atoms with Gasteiger partial charge in [-0.05, 0) is 36.2 Å². The van der Waals surface area contributed by atoms with E-state index in [0.29, 0.717) is 12.7 Å². The number of nitrogens with zero attached hydrogens (tertiary/aromatic N) is 1. The van der Waals surface area contributed by atoms with Gasteiger partial charge in [0, 0.05) is 0 Å². The Bertz CT molecular complexity index is 439. The maximum Gasteiger partial charge on any atom is 0.184 e. The molecule has 0 aliphatic heterocycles. The minimum absolute atomic E-state index is 0.165. The molecule has 0 amide bonds. The Balaban J connectivity index is 1.80. The highest BCUT2D eigenvalue weighted by molar-refractivity contribution is 7.80. The molecule has 1 fully saturated rings. The predicted octanol–water partition coefficient (Wildman–Crippen LogP) is 2.31. The van der Waals surface area contributed by atoms with Crippen LogP contribution in [0.2, 0.25) is 0 Å². The zero-order valence-electron chi connectivity index (χ0n) is 10.8. The summed E-state index contributed by atoms with van der Waals surface area (Å²) in [6, 6.07) is 8.10. The average Bonchev–Trinajstić information content (AvgIpc) is 2.90. The average molecular weight is 277 g/mol. The van der Waals surface area contributed by atoms with Gasteiger partial charge in [-0.3, -0.25) is 5.43 Å². The molecule has 19 heavy (non-hydrogen) atoms. The smallest absolute Gasteiger partial charge is 0.184 e. The van der Waals surface area contributed by atoms with Crippen LogP contribution in [-0.2, 0) is 11.3 Å². The van der Waals surface area contributed by atoms with Crippen molar-refractivity contribution in [3.63, 3.8) is 0 Å². The van der Waals surface area contributed by atoms with Crippen molar-refractivity contribution in [1.29, 1.82) is 0 Å². The monoisotopic (exact) mass is 277 g/mol. The third-order valence-electron chi connectivity index (χ3n) is 3.16. The van der Waals surface area contributed by atoms with Crippen molar-refractivity contribution in [2.45, 2.75) is 38.4 Å². The van der Waals surface area contributed by atoms with E-state index < -0.39 is 0 Å². The van der Waals surface area contributed by atoms with Crippen LogP contribution in [0.4, 0.5) is 0 Å². The van der Waals surface area contributed by atoms with Crippen LogP contribution in [0.15, 0.2) is 29.4 Å². The van der Waals surface area contributed by atoms with Crippen LogP contribution in [0.5, 0.6) is 0 Å². The summed E-state index contributed by atoms with van der Waals surface area (Å²) in [7, 11) is 0. The van der Waals surface area contributed by atoms with Crippen molar-refractivity contribution in [3.05, 3.63) is 35.4 Å². The highest BCUT2D eigenvalue weighted by Crippen LogP contribution is 2.22. The van der Waals surface area contributed by atoms with Crippen LogP contribution < -0.4 is 11.2 Å². The Hall–Kier alpha value is -1.46. The second kappa shape index (κ2) is 7.21. The van der Waals surface area contributed by atoms with E-state index >= 15 is 0 Å². The van der Waals surface area contributed by atoms with Gasteiger partial charge in [0.2, 0.25) is 0 Å². The van der Waals surface area contributed by atoms with Crippen LogP contribution in [0.3, 0.4) is 0 Å². The van der Waals surface area contributed by atoms with E-state index in [1.807, 2.05) is 12.1 Å². The van der Waals surface area contributed by atoms with E-state index in [0.717, 1.165) is 5.56 Å². The van der Waals surface area contributed by atoms with Crippen molar-refractivity contribution in [1.82, 2.24) is 5.43 Å². The molecule has 1 aromatic rings. The minimum atomic E-state index is 0.165. The Morgan fingerprint density at radius 2 is 2.05 bits per heavy atom. The van der Waals surface area contributed by atoms with Gasteiger partial charge >= 0.3 is 0 Å². The molecular formula is C14H19N3OS. The van der Waals surface area contributed by atoms with Crippen molar-refractivity contribution in [2.75, 3.05) is 0 Å². The first-order valence-electron chi connectivity index (χ1n) is 6.53. The molecule has 1 aromatic carbocycles. The fourth-order valence-corrected chi connectivity index (χ4v) is 2.19. The molecule has 0 aromatic heterocycles. The second-order valence-corrected chi connectivity index (χ2v) is 5.13. The Morgan fingerprint density at radius 1 is 1.37 bits per heavy atom. The Morgan fingerprint density at radius 3 is 2.68 bits per heavy atom. The fourth-order valence-electron chi connectivity index (χ4n) is 2.14. The molecule has 3 N–H and O–H groups in total. The molecule has 102 valence electrons. The summed E-state index contributed by atoms with van der Waals surface area (Å²) in [5, 5.41) is 4.07. The molecule has 4 nitrogen and oxygen atoms in total. The molecule has 1 aliphatic carbocycles. The zero-order valence-corrected chi connectivity index (χ0v) is 11.7. The first-order chi connectivity index (χ1) is 9.24. The largest absolute Gasteiger partial charge is 0.375 e. The lowest BCUT2D eigenvalue weighted by Gasteiger charge is -2.10. The zero-order chi connectivity index (χ0) is 13.5. The summed E-state index contributed by atoms with van der Waals surface area (Å²) in [5.74, 6) is 0. The molecule has 0 radical (unpaired) electrons. The van der Waals surface area contributed by atoms with Gasteiger partial charge in [-0.15, -0.1) is 0 Å². The summed E-state index contributed by atoms with van der Waals surface area (Å²) in [6.07, 6.45) is 7.15. The second-order valence-electron chi connectivity index (χ2n) is 4.69. The summed E-state index contributed by atoms with van der Waals surface area (Å²) in [5.41, 5.74) is 9.98. The predicted molar refractivity (Wildman–Crippen MR) is 81.0 cm³/mol. The number of benzene rings is 1. The molecule has 0 spiro atoms. The maximum atomic E-state index is 5.86. The van der Waals surface area contributed by atoms with Gasteiger partial charge in [0.1, 0.15) is 0 Å². The van der Waals surface area contributed by atoms with Crippen LogP contribution in [0.1, 0.15) is 36.8 Å². The molecule has 0 bridgehead atoms. The van der Waals surface area contributed by atoms with Crippen LogP contribution in [0.25, 0.3) is 0 Å². The van der Waals surface area contributed by atoms with E-state index in [1.165, 1.54) is 31.2 Å².